The summed E-state index contributed by atoms with van der Waals surface area (Å²) in [5.74, 6) is -3.27. The number of amides is 3. The third kappa shape index (κ3) is 10.7. The molecule has 0 aromatic heterocycles. The number of carbonyl (C=O) groups excluding carboxylic acids is 3. The molecular weight excluding hydrogens is 450 g/mol. The molecule has 0 aliphatic carbocycles. The van der Waals surface area contributed by atoms with Crippen molar-refractivity contribution in [3.05, 3.63) is 35.9 Å². The molecule has 3 amide bonds. The number of carbonyl (C=O) groups is 4. The van der Waals surface area contributed by atoms with Gasteiger partial charge in [-0.15, -0.1) is 0 Å². The van der Waals surface area contributed by atoms with Crippen LogP contribution in [0.1, 0.15) is 18.4 Å². The first-order valence-corrected chi connectivity index (χ1v) is 10.8. The van der Waals surface area contributed by atoms with Crippen LogP contribution in [0, 0.1) is 0 Å². The quantitative estimate of drug-likeness (QED) is 0.0624. The first-order valence-electron chi connectivity index (χ1n) is 10.2. The standard InChI is InChI=1S/C20H31N7O5S/c21-10-16(28)25-15(11-33)18(30)27-14(9-12-5-2-1-3-6-12)17(29)26-13(19(31)32)7-4-8-24-20(22)23/h1-3,5-6,13-15,33H,4,7-11,21H2,(H,25,28)(H,26,29)(H,27,30)(H,31,32)(H4,22,23,24). The molecule has 3 atom stereocenters. The molecule has 0 fully saturated rings. The minimum absolute atomic E-state index is 0.0280. The lowest BCUT2D eigenvalue weighted by molar-refractivity contribution is -0.142. The summed E-state index contributed by atoms with van der Waals surface area (Å²) in [4.78, 5) is 52.6. The molecule has 0 saturated carbocycles. The maximum absolute atomic E-state index is 12.9. The largest absolute Gasteiger partial charge is 0.480 e. The Hall–Kier alpha value is -3.32. The van der Waals surface area contributed by atoms with Crippen molar-refractivity contribution in [1.82, 2.24) is 16.0 Å². The summed E-state index contributed by atoms with van der Waals surface area (Å²) in [6, 6.07) is 5.54. The van der Waals surface area contributed by atoms with E-state index in [0.29, 0.717) is 6.42 Å². The van der Waals surface area contributed by atoms with Crippen LogP contribution >= 0.6 is 12.6 Å². The van der Waals surface area contributed by atoms with Crippen LogP contribution in [-0.2, 0) is 25.6 Å². The van der Waals surface area contributed by atoms with Crippen molar-refractivity contribution in [1.29, 1.82) is 0 Å². The molecule has 33 heavy (non-hydrogen) atoms. The Kier molecular flexibility index (Phi) is 12.3. The SMILES string of the molecule is NCC(=O)NC(CS)C(=O)NC(Cc1ccccc1)C(=O)NC(CCCN=C(N)N)C(=O)O. The summed E-state index contributed by atoms with van der Waals surface area (Å²) in [7, 11) is 0. The van der Waals surface area contributed by atoms with Crippen molar-refractivity contribution in [3.8, 4) is 0 Å². The van der Waals surface area contributed by atoms with Crippen LogP contribution in [0.4, 0.5) is 0 Å². The Balaban J connectivity index is 2.95. The number of guanidine groups is 1. The number of rotatable bonds is 14. The summed E-state index contributed by atoms with van der Waals surface area (Å²) in [5.41, 5.74) is 16.5. The van der Waals surface area contributed by atoms with Gasteiger partial charge in [0.05, 0.1) is 6.54 Å². The number of hydrogen-bond acceptors (Lipinski definition) is 7. The van der Waals surface area contributed by atoms with Crippen LogP contribution in [0.3, 0.4) is 0 Å². The van der Waals surface area contributed by atoms with E-state index < -0.39 is 41.8 Å². The Labute approximate surface area is 197 Å². The van der Waals surface area contributed by atoms with Crippen LogP contribution in [0.15, 0.2) is 35.3 Å². The Morgan fingerprint density at radius 3 is 2.12 bits per heavy atom. The lowest BCUT2D eigenvalue weighted by Gasteiger charge is -2.24. The summed E-state index contributed by atoms with van der Waals surface area (Å²) in [5, 5.41) is 16.9. The second-order valence-electron chi connectivity index (χ2n) is 7.11. The molecule has 0 aliphatic heterocycles. The zero-order chi connectivity index (χ0) is 24.8. The Morgan fingerprint density at radius 1 is 0.970 bits per heavy atom. The number of carboxylic acid groups (broad SMARTS) is 1. The molecule has 0 bridgehead atoms. The zero-order valence-corrected chi connectivity index (χ0v) is 19.0. The summed E-state index contributed by atoms with van der Waals surface area (Å²) in [6.45, 7) is -0.109. The summed E-state index contributed by atoms with van der Waals surface area (Å²) < 4.78 is 0. The lowest BCUT2D eigenvalue weighted by Crippen LogP contribution is -2.57. The van der Waals surface area contributed by atoms with Gasteiger partial charge in [0.2, 0.25) is 17.7 Å². The number of hydrogen-bond donors (Lipinski definition) is 8. The van der Waals surface area contributed by atoms with E-state index in [-0.39, 0.29) is 37.6 Å². The van der Waals surface area contributed by atoms with Gasteiger partial charge in [0.25, 0.3) is 0 Å². The molecule has 1 aromatic carbocycles. The fourth-order valence-corrected chi connectivity index (χ4v) is 3.07. The van der Waals surface area contributed by atoms with Crippen molar-refractivity contribution in [3.63, 3.8) is 0 Å². The average Bonchev–Trinajstić information content (AvgIpc) is 2.78. The molecule has 0 aliphatic rings. The zero-order valence-electron chi connectivity index (χ0n) is 18.1. The fourth-order valence-electron chi connectivity index (χ4n) is 2.81. The van der Waals surface area contributed by atoms with E-state index in [1.165, 1.54) is 0 Å². The van der Waals surface area contributed by atoms with E-state index in [0.717, 1.165) is 5.56 Å². The first kappa shape index (κ1) is 27.7. The number of aliphatic imine (C=N–C) groups is 1. The van der Waals surface area contributed by atoms with Gasteiger partial charge in [-0.1, -0.05) is 30.3 Å². The van der Waals surface area contributed by atoms with Crippen LogP contribution < -0.4 is 33.2 Å². The van der Waals surface area contributed by atoms with Gasteiger partial charge in [0.15, 0.2) is 5.96 Å². The number of nitrogens with zero attached hydrogens (tertiary/aromatic N) is 1. The van der Waals surface area contributed by atoms with Crippen LogP contribution in [0.2, 0.25) is 0 Å². The van der Waals surface area contributed by atoms with Crippen molar-refractivity contribution >= 4 is 42.3 Å². The minimum Gasteiger partial charge on any atom is -0.480 e. The van der Waals surface area contributed by atoms with E-state index in [9.17, 15) is 24.3 Å². The van der Waals surface area contributed by atoms with Gasteiger partial charge in [-0.25, -0.2) is 4.79 Å². The van der Waals surface area contributed by atoms with Crippen molar-refractivity contribution in [2.75, 3.05) is 18.8 Å². The highest BCUT2D eigenvalue weighted by Gasteiger charge is 2.29. The van der Waals surface area contributed by atoms with Gasteiger partial charge < -0.3 is 38.3 Å². The fraction of sp³-hybridized carbons (Fsp3) is 0.450. The molecular formula is C20H31N7O5S. The number of carboxylic acids is 1. The maximum atomic E-state index is 12.9. The van der Waals surface area contributed by atoms with Gasteiger partial charge >= 0.3 is 5.97 Å². The van der Waals surface area contributed by atoms with E-state index >= 15 is 0 Å². The number of nitrogens with two attached hydrogens (primary N) is 3. The molecule has 0 heterocycles. The minimum atomic E-state index is -1.23. The van der Waals surface area contributed by atoms with Crippen LogP contribution in [0.25, 0.3) is 0 Å². The van der Waals surface area contributed by atoms with Gasteiger partial charge in [-0.2, -0.15) is 12.6 Å². The molecule has 0 radical (unpaired) electrons. The number of thiol groups is 1. The Morgan fingerprint density at radius 2 is 1.58 bits per heavy atom. The van der Waals surface area contributed by atoms with Gasteiger partial charge in [0, 0.05) is 18.7 Å². The third-order valence-corrected chi connectivity index (χ3v) is 4.86. The van der Waals surface area contributed by atoms with Crippen molar-refractivity contribution < 1.29 is 24.3 Å². The average molecular weight is 482 g/mol. The first-order chi connectivity index (χ1) is 15.7. The topological polar surface area (TPSA) is 215 Å². The van der Waals surface area contributed by atoms with Gasteiger partial charge in [-0.3, -0.25) is 19.4 Å². The van der Waals surface area contributed by atoms with E-state index in [1.54, 1.807) is 30.3 Å². The number of aliphatic carboxylic acids is 1. The second kappa shape index (κ2) is 14.7. The predicted molar refractivity (Wildman–Crippen MR) is 126 cm³/mol. The molecule has 1 aromatic rings. The third-order valence-electron chi connectivity index (χ3n) is 4.50. The van der Waals surface area contributed by atoms with E-state index in [2.05, 4.69) is 33.6 Å². The van der Waals surface area contributed by atoms with Crippen LogP contribution in [-0.4, -0.2) is 71.7 Å². The van der Waals surface area contributed by atoms with Crippen molar-refractivity contribution in [2.24, 2.45) is 22.2 Å². The van der Waals surface area contributed by atoms with Crippen molar-refractivity contribution in [2.45, 2.75) is 37.4 Å². The highest BCUT2D eigenvalue weighted by Crippen LogP contribution is 2.06. The smallest absolute Gasteiger partial charge is 0.326 e. The lowest BCUT2D eigenvalue weighted by atomic mass is 10.0. The molecule has 12 nitrogen and oxygen atoms in total. The molecule has 0 spiro atoms. The van der Waals surface area contributed by atoms with Crippen LogP contribution in [0.5, 0.6) is 0 Å². The van der Waals surface area contributed by atoms with E-state index in [1.807, 2.05) is 0 Å². The Bertz CT molecular complexity index is 833. The monoisotopic (exact) mass is 481 g/mol. The molecule has 10 N–H and O–H groups in total. The molecule has 13 heteroatoms. The molecule has 3 unspecified atom stereocenters. The second-order valence-corrected chi connectivity index (χ2v) is 7.47. The van der Waals surface area contributed by atoms with Gasteiger partial charge in [0.1, 0.15) is 18.1 Å². The summed E-state index contributed by atoms with van der Waals surface area (Å²) in [6.07, 6.45) is 0.496. The normalized spacial score (nSPS) is 13.2. The molecule has 1 rings (SSSR count). The van der Waals surface area contributed by atoms with Gasteiger partial charge in [-0.05, 0) is 18.4 Å². The highest BCUT2D eigenvalue weighted by molar-refractivity contribution is 7.80. The highest BCUT2D eigenvalue weighted by atomic mass is 32.1. The predicted octanol–water partition coefficient (Wildman–Crippen LogP) is -2.29. The van der Waals surface area contributed by atoms with E-state index in [4.69, 9.17) is 17.2 Å². The number of benzene rings is 1. The maximum Gasteiger partial charge on any atom is 0.326 e. The number of nitrogens with one attached hydrogen (secondary N) is 3. The molecule has 182 valence electrons. The summed E-state index contributed by atoms with van der Waals surface area (Å²) >= 11 is 4.06. The molecule has 0 saturated heterocycles.